The molecule has 0 heterocycles. The normalized spacial score (nSPS) is 12.0. The zero-order chi connectivity index (χ0) is 15.4. The SMILES string of the molecule is Cc1ccc(C)c([C@H](C)NC(=O)Cc2ccc(Cl)cc2)c1. The van der Waals surface area contributed by atoms with Crippen LogP contribution in [0.1, 0.15) is 35.2 Å². The molecule has 0 radical (unpaired) electrons. The molecular formula is C18H20ClNO. The number of hydrogen-bond acceptors (Lipinski definition) is 1. The lowest BCUT2D eigenvalue weighted by Crippen LogP contribution is -2.28. The molecule has 0 saturated carbocycles. The van der Waals surface area contributed by atoms with E-state index in [9.17, 15) is 4.79 Å². The van der Waals surface area contributed by atoms with Crippen LogP contribution in [-0.4, -0.2) is 5.91 Å². The van der Waals surface area contributed by atoms with Crippen LogP contribution in [0.2, 0.25) is 5.02 Å². The summed E-state index contributed by atoms with van der Waals surface area (Å²) in [7, 11) is 0. The summed E-state index contributed by atoms with van der Waals surface area (Å²) in [4.78, 5) is 12.1. The van der Waals surface area contributed by atoms with Crippen LogP contribution in [0.4, 0.5) is 0 Å². The molecule has 0 fully saturated rings. The zero-order valence-corrected chi connectivity index (χ0v) is 13.4. The Hall–Kier alpha value is -1.80. The maximum Gasteiger partial charge on any atom is 0.224 e. The van der Waals surface area contributed by atoms with E-state index in [4.69, 9.17) is 11.6 Å². The lowest BCUT2D eigenvalue weighted by atomic mass is 10.00. The smallest absolute Gasteiger partial charge is 0.224 e. The van der Waals surface area contributed by atoms with E-state index in [0.717, 1.165) is 5.56 Å². The first-order valence-electron chi connectivity index (χ1n) is 7.06. The van der Waals surface area contributed by atoms with Gasteiger partial charge in [-0.1, -0.05) is 47.5 Å². The average Bonchev–Trinajstić information content (AvgIpc) is 2.44. The van der Waals surface area contributed by atoms with Crippen LogP contribution in [0, 0.1) is 13.8 Å². The molecule has 1 atom stereocenters. The van der Waals surface area contributed by atoms with Crippen molar-refractivity contribution in [3.05, 3.63) is 69.7 Å². The van der Waals surface area contributed by atoms with E-state index in [1.54, 1.807) is 12.1 Å². The maximum absolute atomic E-state index is 12.1. The molecule has 1 N–H and O–H groups in total. The minimum Gasteiger partial charge on any atom is -0.349 e. The summed E-state index contributed by atoms with van der Waals surface area (Å²) in [6.07, 6.45) is 0.367. The molecule has 0 bridgehead atoms. The Bertz CT molecular complexity index is 634. The molecule has 21 heavy (non-hydrogen) atoms. The molecule has 2 nitrogen and oxygen atoms in total. The van der Waals surface area contributed by atoms with Crippen molar-refractivity contribution >= 4 is 17.5 Å². The van der Waals surface area contributed by atoms with Gasteiger partial charge in [0.25, 0.3) is 0 Å². The van der Waals surface area contributed by atoms with E-state index in [0.29, 0.717) is 11.4 Å². The van der Waals surface area contributed by atoms with Gasteiger partial charge >= 0.3 is 0 Å². The first-order valence-corrected chi connectivity index (χ1v) is 7.44. The van der Waals surface area contributed by atoms with Crippen LogP contribution < -0.4 is 5.32 Å². The van der Waals surface area contributed by atoms with E-state index >= 15 is 0 Å². The topological polar surface area (TPSA) is 29.1 Å². The number of halogens is 1. The standard InChI is InChI=1S/C18H20ClNO/c1-12-4-5-13(2)17(10-12)14(3)20-18(21)11-15-6-8-16(19)9-7-15/h4-10,14H,11H2,1-3H3,(H,20,21)/t14-/m0/s1. The lowest BCUT2D eigenvalue weighted by molar-refractivity contribution is -0.121. The Morgan fingerprint density at radius 1 is 1.14 bits per heavy atom. The Kier molecular flexibility index (Phi) is 5.03. The van der Waals surface area contributed by atoms with Crippen molar-refractivity contribution in [1.82, 2.24) is 5.32 Å². The minimum atomic E-state index is 0.00435. The van der Waals surface area contributed by atoms with E-state index in [2.05, 4.69) is 37.4 Å². The van der Waals surface area contributed by atoms with Crippen molar-refractivity contribution < 1.29 is 4.79 Å². The van der Waals surface area contributed by atoms with Gasteiger partial charge in [-0.25, -0.2) is 0 Å². The number of hydrogen-bond donors (Lipinski definition) is 1. The fourth-order valence-corrected chi connectivity index (χ4v) is 2.51. The van der Waals surface area contributed by atoms with Gasteiger partial charge in [0.05, 0.1) is 12.5 Å². The quantitative estimate of drug-likeness (QED) is 0.892. The maximum atomic E-state index is 12.1. The van der Waals surface area contributed by atoms with Crippen LogP contribution in [-0.2, 0) is 11.2 Å². The minimum absolute atomic E-state index is 0.00435. The highest BCUT2D eigenvalue weighted by Gasteiger charge is 2.12. The second-order valence-electron chi connectivity index (χ2n) is 5.45. The van der Waals surface area contributed by atoms with Crippen molar-refractivity contribution in [1.29, 1.82) is 0 Å². The van der Waals surface area contributed by atoms with Crippen LogP contribution in [0.3, 0.4) is 0 Å². The highest BCUT2D eigenvalue weighted by atomic mass is 35.5. The van der Waals surface area contributed by atoms with E-state index in [1.807, 2.05) is 19.1 Å². The Morgan fingerprint density at radius 2 is 1.81 bits per heavy atom. The number of aryl methyl sites for hydroxylation is 2. The monoisotopic (exact) mass is 301 g/mol. The van der Waals surface area contributed by atoms with Gasteiger partial charge in [0.2, 0.25) is 5.91 Å². The summed E-state index contributed by atoms with van der Waals surface area (Å²) in [6.45, 7) is 6.14. The average molecular weight is 302 g/mol. The largest absolute Gasteiger partial charge is 0.349 e. The van der Waals surface area contributed by atoms with Crippen molar-refractivity contribution in [3.8, 4) is 0 Å². The summed E-state index contributed by atoms with van der Waals surface area (Å²) < 4.78 is 0. The number of nitrogens with one attached hydrogen (secondary N) is 1. The molecule has 0 saturated heterocycles. The van der Waals surface area contributed by atoms with E-state index in [-0.39, 0.29) is 11.9 Å². The number of carbonyl (C=O) groups excluding carboxylic acids is 1. The second-order valence-corrected chi connectivity index (χ2v) is 5.89. The molecule has 0 spiro atoms. The van der Waals surface area contributed by atoms with Crippen LogP contribution in [0.25, 0.3) is 0 Å². The summed E-state index contributed by atoms with van der Waals surface area (Å²) in [6, 6.07) is 13.7. The first kappa shape index (κ1) is 15.6. The van der Waals surface area contributed by atoms with Crippen molar-refractivity contribution in [2.45, 2.75) is 33.2 Å². The number of rotatable bonds is 4. The summed E-state index contributed by atoms with van der Waals surface area (Å²) in [5.41, 5.74) is 4.53. The highest BCUT2D eigenvalue weighted by molar-refractivity contribution is 6.30. The van der Waals surface area contributed by atoms with Crippen LogP contribution >= 0.6 is 11.6 Å². The third kappa shape index (κ3) is 4.33. The molecule has 2 aromatic rings. The summed E-state index contributed by atoms with van der Waals surface area (Å²) >= 11 is 5.84. The van der Waals surface area contributed by atoms with Crippen LogP contribution in [0.5, 0.6) is 0 Å². The predicted molar refractivity (Wildman–Crippen MR) is 87.6 cm³/mol. The lowest BCUT2D eigenvalue weighted by Gasteiger charge is -2.17. The molecule has 2 aromatic carbocycles. The predicted octanol–water partition coefficient (Wildman–Crippen LogP) is 4.38. The molecule has 3 heteroatoms. The fraction of sp³-hybridized carbons (Fsp3) is 0.278. The molecule has 0 aliphatic heterocycles. The van der Waals surface area contributed by atoms with E-state index < -0.39 is 0 Å². The molecule has 0 aliphatic carbocycles. The number of amides is 1. The molecular weight excluding hydrogens is 282 g/mol. The van der Waals surface area contributed by atoms with Gasteiger partial charge in [-0.15, -0.1) is 0 Å². The third-order valence-corrected chi connectivity index (χ3v) is 3.81. The zero-order valence-electron chi connectivity index (χ0n) is 12.6. The molecule has 0 aliphatic rings. The summed E-state index contributed by atoms with van der Waals surface area (Å²) in [5, 5.41) is 3.74. The van der Waals surface area contributed by atoms with Crippen molar-refractivity contribution in [2.75, 3.05) is 0 Å². The van der Waals surface area contributed by atoms with Crippen molar-refractivity contribution in [3.63, 3.8) is 0 Å². The fourth-order valence-electron chi connectivity index (χ4n) is 2.38. The van der Waals surface area contributed by atoms with Gasteiger partial charge in [0.1, 0.15) is 0 Å². The molecule has 0 unspecified atom stereocenters. The summed E-state index contributed by atoms with van der Waals surface area (Å²) in [5.74, 6) is 0.0192. The molecule has 110 valence electrons. The van der Waals surface area contributed by atoms with Gasteiger partial charge < -0.3 is 5.32 Å². The number of benzene rings is 2. The van der Waals surface area contributed by atoms with Gasteiger partial charge in [0, 0.05) is 5.02 Å². The third-order valence-electron chi connectivity index (χ3n) is 3.56. The number of carbonyl (C=O) groups is 1. The van der Waals surface area contributed by atoms with Crippen molar-refractivity contribution in [2.24, 2.45) is 0 Å². The Labute approximate surface area is 131 Å². The molecule has 0 aromatic heterocycles. The van der Waals surface area contributed by atoms with Crippen LogP contribution in [0.15, 0.2) is 42.5 Å². The Balaban J connectivity index is 2.01. The van der Waals surface area contributed by atoms with E-state index in [1.165, 1.54) is 16.7 Å². The Morgan fingerprint density at radius 3 is 2.48 bits per heavy atom. The van der Waals surface area contributed by atoms with Gasteiger partial charge in [0.15, 0.2) is 0 Å². The molecule has 1 amide bonds. The highest BCUT2D eigenvalue weighted by Crippen LogP contribution is 2.19. The second kappa shape index (κ2) is 6.77. The van der Waals surface area contributed by atoms with Gasteiger partial charge in [-0.05, 0) is 49.6 Å². The molecule has 2 rings (SSSR count). The van der Waals surface area contributed by atoms with Gasteiger partial charge in [-0.2, -0.15) is 0 Å². The van der Waals surface area contributed by atoms with Gasteiger partial charge in [-0.3, -0.25) is 4.79 Å². The first-order chi connectivity index (χ1) is 9.95.